The molecule has 1 aromatic rings. The summed E-state index contributed by atoms with van der Waals surface area (Å²) < 4.78 is 13.3. The number of carbonyl (C=O) groups excluding carboxylic acids is 2. The van der Waals surface area contributed by atoms with Crippen LogP contribution in [-0.2, 0) is 16.0 Å². The molecule has 1 fully saturated rings. The van der Waals surface area contributed by atoms with Gasteiger partial charge in [-0.2, -0.15) is 0 Å². The fraction of sp³-hybridized carbons (Fsp3) is 0.579. The summed E-state index contributed by atoms with van der Waals surface area (Å²) in [7, 11) is 0. The van der Waals surface area contributed by atoms with Gasteiger partial charge in [0.2, 0.25) is 11.8 Å². The van der Waals surface area contributed by atoms with Crippen LogP contribution < -0.4 is 5.73 Å². The maximum Gasteiger partial charge on any atom is 0.240 e. The molecule has 1 saturated heterocycles. The van der Waals surface area contributed by atoms with Crippen LogP contribution in [0.3, 0.4) is 0 Å². The highest BCUT2D eigenvalue weighted by Crippen LogP contribution is 2.20. The lowest BCUT2D eigenvalue weighted by Crippen LogP contribution is -2.51. The first-order valence-electron chi connectivity index (χ1n) is 8.75. The highest BCUT2D eigenvalue weighted by Gasteiger charge is 2.32. The van der Waals surface area contributed by atoms with E-state index in [-0.39, 0.29) is 41.9 Å². The van der Waals surface area contributed by atoms with Gasteiger partial charge in [-0.25, -0.2) is 4.39 Å². The van der Waals surface area contributed by atoms with Crippen LogP contribution in [0.25, 0.3) is 0 Å². The lowest BCUT2D eigenvalue weighted by Gasteiger charge is -2.31. The molecular formula is C19H29ClFN3O2. The largest absolute Gasteiger partial charge is 0.341 e. The SMILES string of the molecule is CC(C)(C)[C@H](N)C(=O)N1CCCN(C(=O)Cc2cccc(F)c2)CC1.Cl. The zero-order valence-electron chi connectivity index (χ0n) is 15.7. The number of benzene rings is 1. The Morgan fingerprint density at radius 2 is 1.77 bits per heavy atom. The third-order valence-electron chi connectivity index (χ3n) is 4.60. The summed E-state index contributed by atoms with van der Waals surface area (Å²) in [5, 5.41) is 0. The summed E-state index contributed by atoms with van der Waals surface area (Å²) in [4.78, 5) is 28.5. The number of rotatable bonds is 3. The number of halogens is 2. The van der Waals surface area contributed by atoms with Gasteiger partial charge in [0.1, 0.15) is 5.82 Å². The van der Waals surface area contributed by atoms with E-state index >= 15 is 0 Å². The fourth-order valence-corrected chi connectivity index (χ4v) is 2.89. The molecule has 2 amide bonds. The minimum atomic E-state index is -0.554. The zero-order chi connectivity index (χ0) is 18.6. The Morgan fingerprint density at radius 1 is 1.15 bits per heavy atom. The summed E-state index contributed by atoms with van der Waals surface area (Å²) in [5.74, 6) is -0.443. The molecule has 0 saturated carbocycles. The van der Waals surface area contributed by atoms with Crippen LogP contribution in [0.1, 0.15) is 32.8 Å². The molecule has 0 aliphatic carbocycles. The molecular weight excluding hydrogens is 357 g/mol. The van der Waals surface area contributed by atoms with Crippen molar-refractivity contribution in [3.63, 3.8) is 0 Å². The molecule has 0 aromatic heterocycles. The second-order valence-corrected chi connectivity index (χ2v) is 7.71. The van der Waals surface area contributed by atoms with E-state index in [9.17, 15) is 14.0 Å². The molecule has 26 heavy (non-hydrogen) atoms. The summed E-state index contributed by atoms with van der Waals surface area (Å²) in [6.45, 7) is 8.01. The van der Waals surface area contributed by atoms with Crippen molar-refractivity contribution in [3.05, 3.63) is 35.6 Å². The first-order valence-corrected chi connectivity index (χ1v) is 8.75. The van der Waals surface area contributed by atoms with Crippen LogP contribution in [0.15, 0.2) is 24.3 Å². The second-order valence-electron chi connectivity index (χ2n) is 7.71. The van der Waals surface area contributed by atoms with Gasteiger partial charge < -0.3 is 15.5 Å². The van der Waals surface area contributed by atoms with E-state index in [4.69, 9.17) is 5.73 Å². The molecule has 5 nitrogen and oxygen atoms in total. The Labute approximate surface area is 161 Å². The molecule has 7 heteroatoms. The van der Waals surface area contributed by atoms with Crippen molar-refractivity contribution in [3.8, 4) is 0 Å². The lowest BCUT2D eigenvalue weighted by atomic mass is 9.86. The van der Waals surface area contributed by atoms with Crippen molar-refractivity contribution >= 4 is 24.2 Å². The summed E-state index contributed by atoms with van der Waals surface area (Å²) in [6.07, 6.45) is 0.894. The van der Waals surface area contributed by atoms with E-state index in [2.05, 4.69) is 0 Å². The van der Waals surface area contributed by atoms with Crippen LogP contribution in [0.2, 0.25) is 0 Å². The minimum absolute atomic E-state index is 0. The molecule has 0 spiro atoms. The third-order valence-corrected chi connectivity index (χ3v) is 4.60. The number of amides is 2. The second kappa shape index (κ2) is 9.33. The molecule has 1 atom stereocenters. The van der Waals surface area contributed by atoms with Crippen LogP contribution in [-0.4, -0.2) is 53.8 Å². The Bertz CT molecular complexity index is 633. The smallest absolute Gasteiger partial charge is 0.240 e. The van der Waals surface area contributed by atoms with Gasteiger partial charge in [-0.3, -0.25) is 9.59 Å². The van der Waals surface area contributed by atoms with Gasteiger partial charge in [0.25, 0.3) is 0 Å². The van der Waals surface area contributed by atoms with Gasteiger partial charge in [-0.1, -0.05) is 32.9 Å². The van der Waals surface area contributed by atoms with Crippen molar-refractivity contribution in [2.45, 2.75) is 39.7 Å². The Balaban J connectivity index is 0.00000338. The van der Waals surface area contributed by atoms with Crippen LogP contribution >= 0.6 is 12.4 Å². The molecule has 146 valence electrons. The zero-order valence-corrected chi connectivity index (χ0v) is 16.5. The Hall–Kier alpha value is -1.66. The molecule has 0 unspecified atom stereocenters. The Morgan fingerprint density at radius 3 is 2.38 bits per heavy atom. The molecule has 2 N–H and O–H groups in total. The highest BCUT2D eigenvalue weighted by atomic mass is 35.5. The van der Waals surface area contributed by atoms with E-state index < -0.39 is 6.04 Å². The quantitative estimate of drug-likeness (QED) is 0.867. The standard InChI is InChI=1S/C19H28FN3O2.ClH/c1-19(2,3)17(21)18(25)23-9-5-8-22(10-11-23)16(24)13-14-6-4-7-15(20)12-14;/h4,6-7,12,17H,5,8-11,13,21H2,1-3H3;1H/t17-;/m1./s1. The van der Waals surface area contributed by atoms with E-state index in [0.717, 1.165) is 6.42 Å². The van der Waals surface area contributed by atoms with Crippen LogP contribution in [0.5, 0.6) is 0 Å². The highest BCUT2D eigenvalue weighted by molar-refractivity contribution is 5.85. The summed E-state index contributed by atoms with van der Waals surface area (Å²) in [5.41, 5.74) is 6.45. The maximum atomic E-state index is 13.3. The molecule has 1 heterocycles. The van der Waals surface area contributed by atoms with Gasteiger partial charge in [0.15, 0.2) is 0 Å². The average molecular weight is 386 g/mol. The van der Waals surface area contributed by atoms with E-state index in [1.165, 1.54) is 12.1 Å². The van der Waals surface area contributed by atoms with Crippen LogP contribution in [0, 0.1) is 11.2 Å². The van der Waals surface area contributed by atoms with Crippen molar-refractivity contribution in [2.24, 2.45) is 11.1 Å². The topological polar surface area (TPSA) is 66.6 Å². The van der Waals surface area contributed by atoms with Gasteiger partial charge in [0, 0.05) is 26.2 Å². The van der Waals surface area contributed by atoms with E-state index in [0.29, 0.717) is 31.7 Å². The average Bonchev–Trinajstić information content (AvgIpc) is 2.78. The van der Waals surface area contributed by atoms with E-state index in [1.807, 2.05) is 20.8 Å². The van der Waals surface area contributed by atoms with Gasteiger partial charge in [0.05, 0.1) is 12.5 Å². The summed E-state index contributed by atoms with van der Waals surface area (Å²) in [6, 6.07) is 5.54. The van der Waals surface area contributed by atoms with Gasteiger partial charge >= 0.3 is 0 Å². The predicted octanol–water partition coefficient (Wildman–Crippen LogP) is 2.22. The van der Waals surface area contributed by atoms with Crippen molar-refractivity contribution < 1.29 is 14.0 Å². The minimum Gasteiger partial charge on any atom is -0.341 e. The maximum absolute atomic E-state index is 13.3. The lowest BCUT2D eigenvalue weighted by molar-refractivity contribution is -0.135. The van der Waals surface area contributed by atoms with Crippen molar-refractivity contribution in [1.82, 2.24) is 9.80 Å². The molecule has 1 aliphatic rings. The molecule has 0 bridgehead atoms. The monoisotopic (exact) mass is 385 g/mol. The first kappa shape index (κ1) is 22.4. The van der Waals surface area contributed by atoms with Crippen LogP contribution in [0.4, 0.5) is 4.39 Å². The number of nitrogens with two attached hydrogens (primary N) is 1. The molecule has 1 aliphatic heterocycles. The number of carbonyl (C=O) groups is 2. The van der Waals surface area contributed by atoms with E-state index in [1.54, 1.807) is 21.9 Å². The van der Waals surface area contributed by atoms with Gasteiger partial charge in [-0.05, 0) is 29.5 Å². The number of nitrogens with zero attached hydrogens (tertiary/aromatic N) is 2. The molecule has 2 rings (SSSR count). The Kier molecular flexibility index (Phi) is 8.03. The predicted molar refractivity (Wildman–Crippen MR) is 103 cm³/mol. The number of hydrogen-bond acceptors (Lipinski definition) is 3. The normalized spacial score (nSPS) is 16.5. The molecule has 1 aromatic carbocycles. The van der Waals surface area contributed by atoms with Gasteiger partial charge in [-0.15, -0.1) is 12.4 Å². The number of hydrogen-bond donors (Lipinski definition) is 1. The summed E-state index contributed by atoms with van der Waals surface area (Å²) >= 11 is 0. The third kappa shape index (κ3) is 5.95. The van der Waals surface area contributed by atoms with Crippen molar-refractivity contribution in [2.75, 3.05) is 26.2 Å². The van der Waals surface area contributed by atoms with Crippen molar-refractivity contribution in [1.29, 1.82) is 0 Å². The molecule has 0 radical (unpaired) electrons. The fourth-order valence-electron chi connectivity index (χ4n) is 2.89. The first-order chi connectivity index (χ1) is 11.7.